The molecule has 6 nitrogen and oxygen atoms in total. The molecule has 0 N–H and O–H groups in total. The molecule has 2 atom stereocenters. The van der Waals surface area contributed by atoms with Gasteiger partial charge in [-0.15, -0.1) is 0 Å². The van der Waals surface area contributed by atoms with Crippen molar-refractivity contribution in [1.29, 1.82) is 0 Å². The van der Waals surface area contributed by atoms with Crippen molar-refractivity contribution >= 4 is 5.91 Å². The largest absolute Gasteiger partial charge is 0.372 e. The molecule has 1 amide bonds. The summed E-state index contributed by atoms with van der Waals surface area (Å²) in [7, 11) is 0. The van der Waals surface area contributed by atoms with Crippen LogP contribution in [0.15, 0.2) is 30.6 Å². The topological polar surface area (TPSA) is 60.3 Å². The fourth-order valence-electron chi connectivity index (χ4n) is 3.25. The molecule has 0 radical (unpaired) electrons. The number of rotatable bonds is 3. The third kappa shape index (κ3) is 3.19. The van der Waals surface area contributed by atoms with Crippen LogP contribution in [0.5, 0.6) is 0 Å². The third-order valence-electron chi connectivity index (χ3n) is 4.16. The van der Waals surface area contributed by atoms with Gasteiger partial charge in [-0.3, -0.25) is 4.79 Å². The smallest absolute Gasteiger partial charge is 0.257 e. The van der Waals surface area contributed by atoms with E-state index in [1.54, 1.807) is 17.1 Å². The van der Waals surface area contributed by atoms with Crippen molar-refractivity contribution < 1.29 is 9.53 Å². The van der Waals surface area contributed by atoms with E-state index in [1.807, 2.05) is 36.9 Å². The zero-order chi connectivity index (χ0) is 17.3. The SMILES string of the molecule is CC(C)c1c(C(=O)N2C[C@@H](C)O[C@@H](C)C2)cnn1-c1ccccn1. The van der Waals surface area contributed by atoms with Gasteiger partial charge < -0.3 is 9.64 Å². The van der Waals surface area contributed by atoms with Gasteiger partial charge in [-0.25, -0.2) is 9.67 Å². The molecule has 3 rings (SSSR count). The number of aromatic nitrogens is 3. The van der Waals surface area contributed by atoms with Gasteiger partial charge in [0, 0.05) is 19.3 Å². The van der Waals surface area contributed by atoms with E-state index >= 15 is 0 Å². The molecule has 1 fully saturated rings. The Kier molecular flexibility index (Phi) is 4.66. The van der Waals surface area contributed by atoms with Crippen LogP contribution in [0.3, 0.4) is 0 Å². The van der Waals surface area contributed by atoms with Gasteiger partial charge >= 0.3 is 0 Å². The minimum atomic E-state index is 0.0166. The van der Waals surface area contributed by atoms with Crippen LogP contribution in [0.4, 0.5) is 0 Å². The molecule has 0 bridgehead atoms. The van der Waals surface area contributed by atoms with E-state index in [-0.39, 0.29) is 24.0 Å². The predicted molar refractivity (Wildman–Crippen MR) is 91.4 cm³/mol. The van der Waals surface area contributed by atoms with Crippen LogP contribution in [0.1, 0.15) is 49.7 Å². The lowest BCUT2D eigenvalue weighted by Gasteiger charge is -2.35. The lowest BCUT2D eigenvalue weighted by atomic mass is 10.0. The lowest BCUT2D eigenvalue weighted by molar-refractivity contribution is -0.0586. The second-order valence-corrected chi connectivity index (χ2v) is 6.67. The molecule has 0 aromatic carbocycles. The zero-order valence-electron chi connectivity index (χ0n) is 14.6. The molecule has 0 saturated carbocycles. The number of hydrogen-bond acceptors (Lipinski definition) is 4. The van der Waals surface area contributed by atoms with Crippen LogP contribution in [-0.2, 0) is 4.74 Å². The molecule has 128 valence electrons. The van der Waals surface area contributed by atoms with E-state index < -0.39 is 0 Å². The van der Waals surface area contributed by atoms with E-state index in [0.717, 1.165) is 11.5 Å². The summed E-state index contributed by atoms with van der Waals surface area (Å²) in [4.78, 5) is 19.3. The molecule has 1 saturated heterocycles. The summed E-state index contributed by atoms with van der Waals surface area (Å²) in [6, 6.07) is 5.68. The maximum atomic E-state index is 13.1. The number of pyridine rings is 1. The first-order chi connectivity index (χ1) is 11.5. The number of hydrogen-bond donors (Lipinski definition) is 0. The number of nitrogens with zero attached hydrogens (tertiary/aromatic N) is 4. The van der Waals surface area contributed by atoms with E-state index in [1.165, 1.54) is 0 Å². The number of carbonyl (C=O) groups excluding carboxylic acids is 1. The second-order valence-electron chi connectivity index (χ2n) is 6.67. The number of ether oxygens (including phenoxy) is 1. The van der Waals surface area contributed by atoms with E-state index in [2.05, 4.69) is 23.9 Å². The van der Waals surface area contributed by atoms with Crippen LogP contribution in [-0.4, -0.2) is 50.9 Å². The van der Waals surface area contributed by atoms with Gasteiger partial charge in [0.2, 0.25) is 0 Å². The van der Waals surface area contributed by atoms with E-state index in [0.29, 0.717) is 18.7 Å². The highest BCUT2D eigenvalue weighted by atomic mass is 16.5. The first-order valence-electron chi connectivity index (χ1n) is 8.41. The predicted octanol–water partition coefficient (Wildman–Crippen LogP) is 2.64. The monoisotopic (exact) mass is 328 g/mol. The zero-order valence-corrected chi connectivity index (χ0v) is 14.6. The number of morpholine rings is 1. The molecule has 3 heterocycles. The molecule has 0 aliphatic carbocycles. The fraction of sp³-hybridized carbons (Fsp3) is 0.500. The Bertz CT molecular complexity index is 701. The highest BCUT2D eigenvalue weighted by Crippen LogP contribution is 2.24. The van der Waals surface area contributed by atoms with Crippen molar-refractivity contribution in [2.24, 2.45) is 0 Å². The van der Waals surface area contributed by atoms with Crippen molar-refractivity contribution in [2.45, 2.75) is 45.8 Å². The summed E-state index contributed by atoms with van der Waals surface area (Å²) in [5, 5.41) is 4.44. The Morgan fingerprint density at radius 1 is 1.25 bits per heavy atom. The summed E-state index contributed by atoms with van der Waals surface area (Å²) >= 11 is 0. The maximum absolute atomic E-state index is 13.1. The number of amides is 1. The summed E-state index contributed by atoms with van der Waals surface area (Å²) in [6.07, 6.45) is 3.49. The standard InChI is InChI=1S/C18H24N4O2/c1-12(2)17-15(9-20-22(17)16-7-5-6-8-19-16)18(23)21-10-13(3)24-14(4)11-21/h5-9,12-14H,10-11H2,1-4H3/t13-,14+. The van der Waals surface area contributed by atoms with Crippen LogP contribution in [0.2, 0.25) is 0 Å². The maximum Gasteiger partial charge on any atom is 0.257 e. The molecule has 2 aromatic heterocycles. The minimum absolute atomic E-state index is 0.0166. The Morgan fingerprint density at radius 2 is 1.96 bits per heavy atom. The summed E-state index contributed by atoms with van der Waals surface area (Å²) in [5.74, 6) is 0.899. The van der Waals surface area contributed by atoms with Crippen molar-refractivity contribution in [3.8, 4) is 5.82 Å². The minimum Gasteiger partial charge on any atom is -0.372 e. The quantitative estimate of drug-likeness (QED) is 0.869. The molecular weight excluding hydrogens is 304 g/mol. The summed E-state index contributed by atoms with van der Waals surface area (Å²) in [6.45, 7) is 9.34. The molecule has 0 unspecified atom stereocenters. The highest BCUT2D eigenvalue weighted by molar-refractivity contribution is 5.95. The molecule has 24 heavy (non-hydrogen) atoms. The highest BCUT2D eigenvalue weighted by Gasteiger charge is 2.30. The Hall–Kier alpha value is -2.21. The average molecular weight is 328 g/mol. The lowest BCUT2D eigenvalue weighted by Crippen LogP contribution is -2.48. The fourth-order valence-corrected chi connectivity index (χ4v) is 3.25. The van der Waals surface area contributed by atoms with Gasteiger partial charge in [0.1, 0.15) is 0 Å². The van der Waals surface area contributed by atoms with Gasteiger partial charge in [-0.05, 0) is 31.9 Å². The van der Waals surface area contributed by atoms with Gasteiger partial charge in [0.25, 0.3) is 5.91 Å². The first kappa shape index (κ1) is 16.6. The average Bonchev–Trinajstić information content (AvgIpc) is 2.99. The Balaban J connectivity index is 1.96. The van der Waals surface area contributed by atoms with Crippen molar-refractivity contribution in [3.63, 3.8) is 0 Å². The van der Waals surface area contributed by atoms with Crippen LogP contribution in [0, 0.1) is 0 Å². The second kappa shape index (κ2) is 6.73. The molecular formula is C18H24N4O2. The van der Waals surface area contributed by atoms with Gasteiger partial charge in [-0.1, -0.05) is 19.9 Å². The molecule has 6 heteroatoms. The van der Waals surface area contributed by atoms with Gasteiger partial charge in [0.05, 0.1) is 29.7 Å². The molecule has 1 aliphatic heterocycles. The summed E-state index contributed by atoms with van der Waals surface area (Å²) in [5.41, 5.74) is 1.54. The molecule has 1 aliphatic rings. The van der Waals surface area contributed by atoms with Crippen LogP contribution < -0.4 is 0 Å². The number of carbonyl (C=O) groups is 1. The normalized spacial score (nSPS) is 21.3. The van der Waals surface area contributed by atoms with E-state index in [9.17, 15) is 4.79 Å². The van der Waals surface area contributed by atoms with Gasteiger partial charge in [-0.2, -0.15) is 5.10 Å². The Morgan fingerprint density at radius 3 is 2.54 bits per heavy atom. The first-order valence-corrected chi connectivity index (χ1v) is 8.41. The van der Waals surface area contributed by atoms with Crippen molar-refractivity contribution in [2.75, 3.05) is 13.1 Å². The molecule has 0 spiro atoms. The van der Waals surface area contributed by atoms with Crippen LogP contribution >= 0.6 is 0 Å². The summed E-state index contributed by atoms with van der Waals surface area (Å²) < 4.78 is 7.50. The molecule has 2 aromatic rings. The van der Waals surface area contributed by atoms with Gasteiger partial charge in [0.15, 0.2) is 5.82 Å². The Labute approximate surface area is 142 Å². The van der Waals surface area contributed by atoms with Crippen molar-refractivity contribution in [1.82, 2.24) is 19.7 Å². The van der Waals surface area contributed by atoms with Crippen molar-refractivity contribution in [3.05, 3.63) is 41.9 Å². The van der Waals surface area contributed by atoms with E-state index in [4.69, 9.17) is 4.74 Å². The third-order valence-corrected chi connectivity index (χ3v) is 4.16. The van der Waals surface area contributed by atoms with Crippen LogP contribution in [0.25, 0.3) is 5.82 Å².